The second-order valence-electron chi connectivity index (χ2n) is 7.30. The smallest absolute Gasteiger partial charge is 0.264 e. The van der Waals surface area contributed by atoms with Crippen molar-refractivity contribution in [1.82, 2.24) is 5.32 Å². The average molecular weight is 468 g/mol. The molecule has 3 aromatic rings. The third-order valence-corrected chi connectivity index (χ3v) is 7.13. The van der Waals surface area contributed by atoms with Crippen molar-refractivity contribution in [2.75, 3.05) is 10.8 Å². The molecule has 1 N–H and O–H groups in total. The predicted octanol–water partition coefficient (Wildman–Crippen LogP) is 4.34. The Kier molecular flexibility index (Phi) is 7.18. The molecule has 0 spiro atoms. The number of rotatable bonds is 7. The summed E-state index contributed by atoms with van der Waals surface area (Å²) in [5, 5.41) is 12.2. The summed E-state index contributed by atoms with van der Waals surface area (Å²) in [6, 6.07) is 20.3. The van der Waals surface area contributed by atoms with Gasteiger partial charge in [-0.3, -0.25) is 9.10 Å². The lowest BCUT2D eigenvalue weighted by atomic mass is 10.1. The molecular weight excluding hydrogens is 446 g/mol. The van der Waals surface area contributed by atoms with Crippen LogP contribution >= 0.6 is 11.6 Å². The first kappa shape index (κ1) is 23.3. The number of aryl methyl sites for hydroxylation is 1. The summed E-state index contributed by atoms with van der Waals surface area (Å²) < 4.78 is 28.0. The maximum absolute atomic E-state index is 13.5. The van der Waals surface area contributed by atoms with Crippen molar-refractivity contribution in [3.05, 3.63) is 94.0 Å². The molecule has 0 aliphatic heterocycles. The number of sulfonamides is 1. The van der Waals surface area contributed by atoms with Gasteiger partial charge in [-0.1, -0.05) is 47.5 Å². The number of benzene rings is 3. The Morgan fingerprint density at radius 1 is 1.06 bits per heavy atom. The van der Waals surface area contributed by atoms with Crippen LogP contribution in [0.1, 0.15) is 22.3 Å². The Hall–Kier alpha value is -3.34. The summed E-state index contributed by atoms with van der Waals surface area (Å²) >= 11 is 6.23. The predicted molar refractivity (Wildman–Crippen MR) is 125 cm³/mol. The van der Waals surface area contributed by atoms with Crippen molar-refractivity contribution in [3.8, 4) is 6.07 Å². The van der Waals surface area contributed by atoms with Gasteiger partial charge in [0, 0.05) is 11.6 Å². The Morgan fingerprint density at radius 2 is 1.75 bits per heavy atom. The van der Waals surface area contributed by atoms with Crippen LogP contribution in [-0.2, 0) is 21.4 Å². The van der Waals surface area contributed by atoms with Gasteiger partial charge in [0.15, 0.2) is 0 Å². The maximum Gasteiger partial charge on any atom is 0.264 e. The van der Waals surface area contributed by atoms with Gasteiger partial charge in [0.05, 0.1) is 22.2 Å². The summed E-state index contributed by atoms with van der Waals surface area (Å²) in [5.74, 6) is -0.484. The van der Waals surface area contributed by atoms with Gasteiger partial charge in [-0.05, 0) is 61.4 Å². The fourth-order valence-electron chi connectivity index (χ4n) is 3.14. The molecule has 0 aliphatic carbocycles. The summed E-state index contributed by atoms with van der Waals surface area (Å²) in [4.78, 5) is 12.8. The van der Waals surface area contributed by atoms with E-state index >= 15 is 0 Å². The van der Waals surface area contributed by atoms with Crippen LogP contribution in [0, 0.1) is 25.2 Å². The Labute approximate surface area is 193 Å². The van der Waals surface area contributed by atoms with E-state index in [9.17, 15) is 13.2 Å². The molecule has 0 aromatic heterocycles. The molecule has 0 radical (unpaired) electrons. The minimum Gasteiger partial charge on any atom is -0.350 e. The molecule has 3 rings (SSSR count). The zero-order valence-electron chi connectivity index (χ0n) is 17.7. The number of hydrogen-bond acceptors (Lipinski definition) is 4. The van der Waals surface area contributed by atoms with Gasteiger partial charge >= 0.3 is 0 Å². The number of carbonyl (C=O) groups excluding carboxylic acids is 1. The van der Waals surface area contributed by atoms with E-state index in [0.717, 1.165) is 15.4 Å². The minimum absolute atomic E-state index is 0.0806. The van der Waals surface area contributed by atoms with Crippen LogP contribution in [0.4, 0.5) is 5.69 Å². The fraction of sp³-hybridized carbons (Fsp3) is 0.167. The number of carbonyl (C=O) groups is 1. The number of nitrogens with one attached hydrogen (secondary N) is 1. The first-order valence-electron chi connectivity index (χ1n) is 9.82. The van der Waals surface area contributed by atoms with Crippen LogP contribution in [0.3, 0.4) is 0 Å². The topological polar surface area (TPSA) is 90.3 Å². The van der Waals surface area contributed by atoms with E-state index in [1.807, 2.05) is 13.0 Å². The number of anilines is 1. The van der Waals surface area contributed by atoms with Crippen LogP contribution < -0.4 is 9.62 Å². The van der Waals surface area contributed by atoms with Gasteiger partial charge in [0.1, 0.15) is 6.54 Å². The van der Waals surface area contributed by atoms with Crippen molar-refractivity contribution < 1.29 is 13.2 Å². The lowest BCUT2D eigenvalue weighted by Crippen LogP contribution is -2.41. The second kappa shape index (κ2) is 9.86. The molecule has 1 amide bonds. The third kappa shape index (κ3) is 5.28. The minimum atomic E-state index is -4.03. The lowest BCUT2D eigenvalue weighted by Gasteiger charge is -2.26. The van der Waals surface area contributed by atoms with Gasteiger partial charge in [0.25, 0.3) is 10.0 Å². The highest BCUT2D eigenvalue weighted by Crippen LogP contribution is 2.30. The van der Waals surface area contributed by atoms with E-state index < -0.39 is 22.5 Å². The number of hydrogen-bond donors (Lipinski definition) is 1. The van der Waals surface area contributed by atoms with E-state index in [1.165, 1.54) is 12.1 Å². The molecule has 164 valence electrons. The van der Waals surface area contributed by atoms with Crippen LogP contribution in [0.15, 0.2) is 71.6 Å². The number of amides is 1. The zero-order chi connectivity index (χ0) is 23.3. The van der Waals surface area contributed by atoms with Crippen molar-refractivity contribution in [1.29, 1.82) is 5.26 Å². The molecule has 0 aliphatic rings. The second-order valence-corrected chi connectivity index (χ2v) is 9.57. The molecular formula is C24H22ClN3O3S. The molecule has 8 heteroatoms. The maximum atomic E-state index is 13.5. The molecule has 6 nitrogen and oxygen atoms in total. The summed E-state index contributed by atoms with van der Waals surface area (Å²) in [7, 11) is -4.03. The van der Waals surface area contributed by atoms with Crippen LogP contribution in [0.2, 0.25) is 5.02 Å². The van der Waals surface area contributed by atoms with E-state index in [2.05, 4.69) is 5.32 Å². The van der Waals surface area contributed by atoms with E-state index in [-0.39, 0.29) is 11.4 Å². The van der Waals surface area contributed by atoms with E-state index in [0.29, 0.717) is 21.8 Å². The average Bonchev–Trinajstić information content (AvgIpc) is 2.78. The van der Waals surface area contributed by atoms with Crippen LogP contribution in [0.25, 0.3) is 0 Å². The number of halogens is 1. The number of nitriles is 1. The quantitative estimate of drug-likeness (QED) is 0.559. The highest BCUT2D eigenvalue weighted by Gasteiger charge is 2.28. The standard InChI is InChI=1S/C24H22ClN3O3S/c1-17-9-11-21(12-10-17)32(30,31)28(23-8-4-7-22(25)18(23)2)16-24(29)27-15-20-6-3-5-19(13-20)14-26/h3-13H,15-16H2,1-2H3,(H,27,29). The Bertz CT molecular complexity index is 1280. The van der Waals surface area contributed by atoms with Gasteiger partial charge in [-0.15, -0.1) is 0 Å². The molecule has 0 bridgehead atoms. The molecule has 0 saturated carbocycles. The molecule has 0 atom stereocenters. The van der Waals surface area contributed by atoms with Gasteiger partial charge in [-0.2, -0.15) is 5.26 Å². The monoisotopic (exact) mass is 467 g/mol. The van der Waals surface area contributed by atoms with Crippen LogP contribution in [-0.4, -0.2) is 20.9 Å². The van der Waals surface area contributed by atoms with Crippen LogP contribution in [0.5, 0.6) is 0 Å². The molecule has 0 saturated heterocycles. The summed E-state index contributed by atoms with van der Waals surface area (Å²) in [6.07, 6.45) is 0. The SMILES string of the molecule is Cc1ccc(S(=O)(=O)N(CC(=O)NCc2cccc(C#N)c2)c2cccc(Cl)c2C)cc1. The Balaban J connectivity index is 1.90. The Morgan fingerprint density at radius 3 is 2.44 bits per heavy atom. The van der Waals surface area contributed by atoms with E-state index in [4.69, 9.17) is 16.9 Å². The van der Waals surface area contributed by atoms with Crippen molar-refractivity contribution >= 4 is 33.2 Å². The fourth-order valence-corrected chi connectivity index (χ4v) is 4.79. The molecule has 32 heavy (non-hydrogen) atoms. The first-order chi connectivity index (χ1) is 15.2. The van der Waals surface area contributed by atoms with E-state index in [1.54, 1.807) is 61.5 Å². The first-order valence-corrected chi connectivity index (χ1v) is 11.6. The zero-order valence-corrected chi connectivity index (χ0v) is 19.2. The summed E-state index contributed by atoms with van der Waals surface area (Å²) in [6.45, 7) is 3.32. The molecule has 3 aromatic carbocycles. The van der Waals surface area contributed by atoms with Crippen molar-refractivity contribution in [2.45, 2.75) is 25.3 Å². The molecule has 0 heterocycles. The van der Waals surface area contributed by atoms with Gasteiger partial charge in [0.2, 0.25) is 5.91 Å². The largest absolute Gasteiger partial charge is 0.350 e. The third-order valence-electron chi connectivity index (χ3n) is 4.95. The summed E-state index contributed by atoms with van der Waals surface area (Å²) in [5.41, 5.74) is 3.03. The van der Waals surface area contributed by atoms with Crippen molar-refractivity contribution in [2.24, 2.45) is 0 Å². The molecule has 0 unspecified atom stereocenters. The highest BCUT2D eigenvalue weighted by atomic mass is 35.5. The van der Waals surface area contributed by atoms with Gasteiger partial charge < -0.3 is 5.32 Å². The molecule has 0 fully saturated rings. The lowest BCUT2D eigenvalue weighted by molar-refractivity contribution is -0.119. The van der Waals surface area contributed by atoms with Gasteiger partial charge in [-0.25, -0.2) is 8.42 Å². The van der Waals surface area contributed by atoms with Crippen molar-refractivity contribution in [3.63, 3.8) is 0 Å². The number of nitrogens with zero attached hydrogens (tertiary/aromatic N) is 2. The highest BCUT2D eigenvalue weighted by molar-refractivity contribution is 7.92. The normalized spacial score (nSPS) is 10.9.